The van der Waals surface area contributed by atoms with E-state index in [-0.39, 0.29) is 30.1 Å². The van der Waals surface area contributed by atoms with Crippen LogP contribution in [0.3, 0.4) is 0 Å². The number of nitrogens with one attached hydrogen (secondary N) is 2. The minimum Gasteiger partial charge on any atom is -0.393 e. The molecule has 0 amide bonds. The molecule has 6 nitrogen and oxygen atoms in total. The van der Waals surface area contributed by atoms with E-state index in [1.807, 2.05) is 0 Å². The van der Waals surface area contributed by atoms with Crippen molar-refractivity contribution in [2.75, 3.05) is 37.6 Å². The minimum atomic E-state index is -0.115. The van der Waals surface area contributed by atoms with Crippen LogP contribution in [0.5, 0.6) is 0 Å². The molecular weight excluding hydrogens is 537 g/mol. The fraction of sp³-hybridized carbons (Fsp3) is 0.519. The van der Waals surface area contributed by atoms with Gasteiger partial charge in [0.2, 0.25) is 0 Å². The second-order valence-corrected chi connectivity index (χ2v) is 9.43. The number of aliphatic imine (C=N–C) groups is 1. The molecule has 0 aromatic heterocycles. The van der Waals surface area contributed by atoms with Gasteiger partial charge in [0.15, 0.2) is 5.96 Å². The van der Waals surface area contributed by atoms with Crippen LogP contribution in [-0.2, 0) is 13.1 Å². The molecule has 186 valence electrons. The van der Waals surface area contributed by atoms with Gasteiger partial charge in [-0.2, -0.15) is 0 Å². The molecule has 0 aliphatic carbocycles. The van der Waals surface area contributed by atoms with Gasteiger partial charge in [0.1, 0.15) is 0 Å². The van der Waals surface area contributed by atoms with Crippen LogP contribution in [0.2, 0.25) is 0 Å². The van der Waals surface area contributed by atoms with Gasteiger partial charge in [0.05, 0.1) is 12.6 Å². The van der Waals surface area contributed by atoms with Crippen molar-refractivity contribution in [2.24, 2.45) is 4.99 Å². The van der Waals surface area contributed by atoms with Gasteiger partial charge in [0.25, 0.3) is 0 Å². The summed E-state index contributed by atoms with van der Waals surface area (Å²) in [5, 5.41) is 16.7. The number of benzene rings is 2. The molecule has 2 fully saturated rings. The highest BCUT2D eigenvalue weighted by Crippen LogP contribution is 2.21. The van der Waals surface area contributed by atoms with Crippen molar-refractivity contribution in [3.8, 4) is 0 Å². The lowest BCUT2D eigenvalue weighted by atomic mass is 10.1. The van der Waals surface area contributed by atoms with Gasteiger partial charge < -0.3 is 20.6 Å². The summed E-state index contributed by atoms with van der Waals surface area (Å²) in [6.45, 7) is 10.7. The molecule has 34 heavy (non-hydrogen) atoms. The standard InChI is InChI=1S/C27H39N5O.HI/c1-3-28-27(30-24-12-17-32(20-24)25-10-4-21(2)5-11-25)29-18-22-6-8-23(9-7-22)19-31-15-13-26(33)14-16-31;/h4-11,24,26,33H,3,12-20H2,1-2H3,(H2,28,29,30);1H. The first-order valence-electron chi connectivity index (χ1n) is 12.4. The highest BCUT2D eigenvalue weighted by Gasteiger charge is 2.23. The number of halogens is 1. The average molecular weight is 578 g/mol. The van der Waals surface area contributed by atoms with Crippen LogP contribution in [0, 0.1) is 6.92 Å². The average Bonchev–Trinajstić information content (AvgIpc) is 3.29. The highest BCUT2D eigenvalue weighted by molar-refractivity contribution is 14.0. The number of aryl methyl sites for hydroxylation is 1. The third kappa shape index (κ3) is 7.85. The number of aliphatic hydroxyl groups excluding tert-OH is 1. The lowest BCUT2D eigenvalue weighted by Crippen LogP contribution is -2.44. The van der Waals surface area contributed by atoms with E-state index >= 15 is 0 Å². The van der Waals surface area contributed by atoms with Gasteiger partial charge in [-0.15, -0.1) is 24.0 Å². The summed E-state index contributed by atoms with van der Waals surface area (Å²) in [6.07, 6.45) is 2.77. The maximum absolute atomic E-state index is 9.68. The van der Waals surface area contributed by atoms with E-state index in [0.717, 1.165) is 64.5 Å². The molecule has 4 rings (SSSR count). The Morgan fingerprint density at radius 3 is 2.32 bits per heavy atom. The Morgan fingerprint density at radius 1 is 0.971 bits per heavy atom. The lowest BCUT2D eigenvalue weighted by molar-refractivity contribution is 0.0792. The molecule has 2 saturated heterocycles. The van der Waals surface area contributed by atoms with Crippen LogP contribution in [0.4, 0.5) is 5.69 Å². The molecule has 7 heteroatoms. The van der Waals surface area contributed by atoms with Gasteiger partial charge in [-0.25, -0.2) is 4.99 Å². The summed E-state index contributed by atoms with van der Waals surface area (Å²) in [4.78, 5) is 9.72. The van der Waals surface area contributed by atoms with Gasteiger partial charge >= 0.3 is 0 Å². The van der Waals surface area contributed by atoms with Crippen molar-refractivity contribution in [3.05, 3.63) is 65.2 Å². The third-order valence-corrected chi connectivity index (χ3v) is 6.68. The molecule has 0 saturated carbocycles. The summed E-state index contributed by atoms with van der Waals surface area (Å²) in [5.41, 5.74) is 5.14. The van der Waals surface area contributed by atoms with E-state index in [1.54, 1.807) is 0 Å². The van der Waals surface area contributed by atoms with Crippen LogP contribution >= 0.6 is 24.0 Å². The molecule has 1 unspecified atom stereocenters. The summed E-state index contributed by atoms with van der Waals surface area (Å²) in [6, 6.07) is 18.0. The Balaban J connectivity index is 0.00000324. The molecule has 2 aromatic carbocycles. The molecule has 2 aliphatic heterocycles. The van der Waals surface area contributed by atoms with Crippen LogP contribution in [-0.4, -0.2) is 60.8 Å². The van der Waals surface area contributed by atoms with Gasteiger partial charge in [-0.3, -0.25) is 4.90 Å². The zero-order valence-corrected chi connectivity index (χ0v) is 22.9. The predicted molar refractivity (Wildman–Crippen MR) is 152 cm³/mol. The SMILES string of the molecule is CCNC(=NCc1ccc(CN2CCC(O)CC2)cc1)NC1CCN(c2ccc(C)cc2)C1.I. The molecule has 0 bridgehead atoms. The molecule has 1 atom stereocenters. The molecule has 3 N–H and O–H groups in total. The van der Waals surface area contributed by atoms with Crippen molar-refractivity contribution in [3.63, 3.8) is 0 Å². The zero-order valence-electron chi connectivity index (χ0n) is 20.5. The van der Waals surface area contributed by atoms with Crippen LogP contribution in [0.25, 0.3) is 0 Å². The van der Waals surface area contributed by atoms with Crippen LogP contribution < -0.4 is 15.5 Å². The van der Waals surface area contributed by atoms with Crippen LogP contribution in [0.1, 0.15) is 42.9 Å². The molecule has 2 heterocycles. The van der Waals surface area contributed by atoms with Crippen LogP contribution in [0.15, 0.2) is 53.5 Å². The number of aliphatic hydroxyl groups is 1. The number of piperidine rings is 1. The van der Waals surface area contributed by atoms with E-state index < -0.39 is 0 Å². The molecule has 2 aliphatic rings. The Bertz CT molecular complexity index is 894. The third-order valence-electron chi connectivity index (χ3n) is 6.68. The van der Waals surface area contributed by atoms with E-state index in [0.29, 0.717) is 12.6 Å². The quantitative estimate of drug-likeness (QED) is 0.265. The molecule has 0 radical (unpaired) electrons. The van der Waals surface area contributed by atoms with E-state index in [4.69, 9.17) is 4.99 Å². The highest BCUT2D eigenvalue weighted by atomic mass is 127. The maximum Gasteiger partial charge on any atom is 0.191 e. The normalized spacial score (nSPS) is 19.7. The summed E-state index contributed by atoms with van der Waals surface area (Å²) in [7, 11) is 0. The van der Waals surface area contributed by atoms with Crippen molar-refractivity contribution in [1.82, 2.24) is 15.5 Å². The van der Waals surface area contributed by atoms with Gasteiger partial charge in [-0.05, 0) is 56.4 Å². The summed E-state index contributed by atoms with van der Waals surface area (Å²) in [5.74, 6) is 0.893. The summed E-state index contributed by atoms with van der Waals surface area (Å²) < 4.78 is 0. The first-order valence-corrected chi connectivity index (χ1v) is 12.4. The van der Waals surface area contributed by atoms with E-state index in [2.05, 4.69) is 82.8 Å². The number of likely N-dealkylation sites (tertiary alicyclic amines) is 1. The van der Waals surface area contributed by atoms with Crippen molar-refractivity contribution in [2.45, 2.75) is 58.3 Å². The minimum absolute atomic E-state index is 0. The zero-order chi connectivity index (χ0) is 23.0. The number of hydrogen-bond acceptors (Lipinski definition) is 4. The van der Waals surface area contributed by atoms with Gasteiger partial charge in [0, 0.05) is 51.0 Å². The lowest BCUT2D eigenvalue weighted by Gasteiger charge is -2.29. The first kappa shape index (κ1) is 26.8. The fourth-order valence-electron chi connectivity index (χ4n) is 4.64. The second-order valence-electron chi connectivity index (χ2n) is 9.43. The maximum atomic E-state index is 9.68. The number of rotatable bonds is 7. The number of nitrogens with zero attached hydrogens (tertiary/aromatic N) is 3. The van der Waals surface area contributed by atoms with Crippen molar-refractivity contribution >= 4 is 35.6 Å². The van der Waals surface area contributed by atoms with Crippen molar-refractivity contribution in [1.29, 1.82) is 0 Å². The molecule has 2 aromatic rings. The smallest absolute Gasteiger partial charge is 0.191 e. The molecular formula is C27H40IN5O. The Morgan fingerprint density at radius 2 is 1.65 bits per heavy atom. The Hall–Kier alpha value is -1.84. The second kappa shape index (κ2) is 13.3. The number of hydrogen-bond donors (Lipinski definition) is 3. The molecule has 0 spiro atoms. The number of guanidine groups is 1. The Labute approximate surface area is 221 Å². The van der Waals surface area contributed by atoms with E-state index in [9.17, 15) is 5.11 Å². The first-order chi connectivity index (χ1) is 16.1. The largest absolute Gasteiger partial charge is 0.393 e. The topological polar surface area (TPSA) is 63.1 Å². The van der Waals surface area contributed by atoms with Crippen molar-refractivity contribution < 1.29 is 5.11 Å². The van der Waals surface area contributed by atoms with E-state index in [1.165, 1.54) is 22.4 Å². The number of anilines is 1. The monoisotopic (exact) mass is 577 g/mol. The predicted octanol–water partition coefficient (Wildman–Crippen LogP) is 3.90. The Kier molecular flexibility index (Phi) is 10.5. The fourth-order valence-corrected chi connectivity index (χ4v) is 4.64. The summed E-state index contributed by atoms with van der Waals surface area (Å²) >= 11 is 0. The van der Waals surface area contributed by atoms with Gasteiger partial charge in [-0.1, -0.05) is 42.0 Å².